The van der Waals surface area contributed by atoms with Crippen LogP contribution in [0.3, 0.4) is 0 Å². The van der Waals surface area contributed by atoms with Gasteiger partial charge in [-0.15, -0.1) is 0 Å². The Morgan fingerprint density at radius 3 is 2.54 bits per heavy atom. The minimum absolute atomic E-state index is 0.00301. The highest BCUT2D eigenvalue weighted by atomic mass is 32.2. The number of unbranched alkanes of at least 4 members (excludes halogenated alkanes) is 1. The van der Waals surface area contributed by atoms with Crippen LogP contribution in [-0.2, 0) is 21.4 Å². The molecule has 1 saturated heterocycles. The summed E-state index contributed by atoms with van der Waals surface area (Å²) in [4.78, 5) is 12.5. The van der Waals surface area contributed by atoms with Crippen molar-refractivity contribution in [2.24, 2.45) is 5.92 Å². The average Bonchev–Trinajstić information content (AvgIpc) is 3.26. The van der Waals surface area contributed by atoms with Gasteiger partial charge in [0.05, 0.1) is 11.4 Å². The number of carbonyl (C=O) groups is 1. The number of H-pyrrole nitrogens is 1. The molecule has 0 saturated carbocycles. The molecule has 3 rings (SSSR count). The summed E-state index contributed by atoms with van der Waals surface area (Å²) < 4.78 is 26.1. The summed E-state index contributed by atoms with van der Waals surface area (Å²) >= 11 is 0. The van der Waals surface area contributed by atoms with Crippen molar-refractivity contribution in [2.75, 3.05) is 18.8 Å². The van der Waals surface area contributed by atoms with E-state index in [-0.39, 0.29) is 17.6 Å². The van der Waals surface area contributed by atoms with E-state index in [1.165, 1.54) is 0 Å². The van der Waals surface area contributed by atoms with Crippen LogP contribution in [0.4, 0.5) is 0 Å². The number of nitrogens with one attached hydrogen (secondary N) is 2. The molecule has 1 aliphatic heterocycles. The van der Waals surface area contributed by atoms with Gasteiger partial charge in [-0.3, -0.25) is 9.89 Å². The minimum atomic E-state index is -3.18. The highest BCUT2D eigenvalue weighted by Crippen LogP contribution is 2.21. The van der Waals surface area contributed by atoms with Crippen molar-refractivity contribution in [3.05, 3.63) is 42.1 Å². The third-order valence-electron chi connectivity index (χ3n) is 5.21. The molecule has 2 N–H and O–H groups in total. The number of nitrogens with zero attached hydrogens (tertiary/aromatic N) is 2. The molecule has 0 unspecified atom stereocenters. The summed E-state index contributed by atoms with van der Waals surface area (Å²) in [6.45, 7) is 3.32. The van der Waals surface area contributed by atoms with Crippen molar-refractivity contribution in [3.8, 4) is 11.3 Å². The average molecular weight is 405 g/mol. The fourth-order valence-electron chi connectivity index (χ4n) is 3.40. The fourth-order valence-corrected chi connectivity index (χ4v) is 5.08. The van der Waals surface area contributed by atoms with E-state index in [2.05, 4.69) is 15.5 Å². The molecule has 0 aliphatic carbocycles. The first-order valence-electron chi connectivity index (χ1n) is 9.84. The number of hydrogen-bond acceptors (Lipinski definition) is 4. The molecule has 1 aromatic carbocycles. The van der Waals surface area contributed by atoms with Gasteiger partial charge in [-0.1, -0.05) is 37.6 Å². The van der Waals surface area contributed by atoms with E-state index in [1.54, 1.807) is 10.5 Å². The van der Waals surface area contributed by atoms with Gasteiger partial charge < -0.3 is 5.32 Å². The van der Waals surface area contributed by atoms with E-state index in [1.807, 2.05) is 37.3 Å². The lowest BCUT2D eigenvalue weighted by Gasteiger charge is -2.30. The van der Waals surface area contributed by atoms with E-state index in [0.717, 1.165) is 23.2 Å². The molecule has 8 heteroatoms. The maximum absolute atomic E-state index is 12.5. The number of aromatic nitrogens is 2. The van der Waals surface area contributed by atoms with Crippen molar-refractivity contribution in [2.45, 2.75) is 39.2 Å². The number of carbonyl (C=O) groups excluding carboxylic acids is 1. The molecule has 1 fully saturated rings. The molecular formula is C20H28N4O3S. The Bertz CT molecular complexity index is 855. The zero-order valence-corrected chi connectivity index (χ0v) is 17.0. The smallest absolute Gasteiger partial charge is 0.223 e. The van der Waals surface area contributed by atoms with E-state index >= 15 is 0 Å². The summed E-state index contributed by atoms with van der Waals surface area (Å²) in [6.07, 6.45) is 4.42. The van der Waals surface area contributed by atoms with Crippen molar-refractivity contribution in [1.29, 1.82) is 0 Å². The van der Waals surface area contributed by atoms with Gasteiger partial charge in [0.1, 0.15) is 0 Å². The Hall–Kier alpha value is -2.19. The third-order valence-corrected chi connectivity index (χ3v) is 7.16. The lowest BCUT2D eigenvalue weighted by Crippen LogP contribution is -2.43. The Kier molecular flexibility index (Phi) is 6.85. The van der Waals surface area contributed by atoms with Crippen LogP contribution in [-0.4, -0.2) is 47.7 Å². The molecule has 0 bridgehead atoms. The number of hydrogen-bond donors (Lipinski definition) is 2. The van der Waals surface area contributed by atoms with Crippen LogP contribution in [0.1, 0.15) is 38.2 Å². The molecule has 28 heavy (non-hydrogen) atoms. The number of sulfonamides is 1. The van der Waals surface area contributed by atoms with Gasteiger partial charge in [0.2, 0.25) is 15.9 Å². The van der Waals surface area contributed by atoms with Gasteiger partial charge in [-0.05, 0) is 36.5 Å². The Labute approximate surface area is 166 Å². The first-order chi connectivity index (χ1) is 13.5. The normalized spacial score (nSPS) is 16.2. The maximum Gasteiger partial charge on any atom is 0.223 e. The summed E-state index contributed by atoms with van der Waals surface area (Å²) in [5.74, 6) is 0.0830. The summed E-state index contributed by atoms with van der Waals surface area (Å²) in [5.41, 5.74) is 3.02. The zero-order valence-electron chi connectivity index (χ0n) is 16.2. The second kappa shape index (κ2) is 9.34. The number of aromatic amines is 1. The lowest BCUT2D eigenvalue weighted by molar-refractivity contribution is -0.126. The zero-order chi connectivity index (χ0) is 20.0. The number of rotatable bonds is 8. The molecule has 1 amide bonds. The largest absolute Gasteiger partial charge is 0.352 e. The molecule has 152 valence electrons. The molecule has 2 aromatic rings. The summed E-state index contributed by atoms with van der Waals surface area (Å²) in [5, 5.41) is 9.85. The van der Waals surface area contributed by atoms with E-state index in [9.17, 15) is 13.2 Å². The van der Waals surface area contributed by atoms with Crippen LogP contribution in [0.15, 0.2) is 36.5 Å². The molecule has 2 heterocycles. The second-order valence-corrected chi connectivity index (χ2v) is 9.32. The molecule has 7 nitrogen and oxygen atoms in total. The van der Waals surface area contributed by atoms with Crippen LogP contribution in [0, 0.1) is 5.92 Å². The monoisotopic (exact) mass is 404 g/mol. The van der Waals surface area contributed by atoms with Gasteiger partial charge in [0, 0.05) is 31.7 Å². The SMILES string of the molecule is CCCCS(=O)(=O)N1CCC(C(=O)NCc2ccc(-c3ccn[nH]3)cc2)CC1. The highest BCUT2D eigenvalue weighted by Gasteiger charge is 2.30. The lowest BCUT2D eigenvalue weighted by atomic mass is 9.97. The maximum atomic E-state index is 12.5. The van der Waals surface area contributed by atoms with Gasteiger partial charge >= 0.3 is 0 Å². The van der Waals surface area contributed by atoms with Gasteiger partial charge in [-0.25, -0.2) is 12.7 Å². The predicted molar refractivity (Wildman–Crippen MR) is 109 cm³/mol. The number of benzene rings is 1. The molecule has 0 atom stereocenters. The standard InChI is InChI=1S/C20H28N4O3S/c1-2-3-14-28(26,27)24-12-9-18(10-13-24)20(25)21-15-16-4-6-17(7-5-16)19-8-11-22-23-19/h4-8,11,18H,2-3,9-10,12-15H2,1H3,(H,21,25)(H,22,23). The first kappa shape index (κ1) is 20.5. The van der Waals surface area contributed by atoms with Crippen LogP contribution in [0.5, 0.6) is 0 Å². The number of amides is 1. The van der Waals surface area contributed by atoms with Crippen molar-refractivity contribution in [3.63, 3.8) is 0 Å². The third kappa shape index (κ3) is 5.20. The summed E-state index contributed by atoms with van der Waals surface area (Å²) in [6, 6.07) is 9.87. The Morgan fingerprint density at radius 2 is 1.93 bits per heavy atom. The molecule has 0 radical (unpaired) electrons. The fraction of sp³-hybridized carbons (Fsp3) is 0.500. The van der Waals surface area contributed by atoms with E-state index in [0.29, 0.717) is 38.9 Å². The molecular weight excluding hydrogens is 376 g/mol. The number of piperidine rings is 1. The molecule has 0 spiro atoms. The van der Waals surface area contributed by atoms with Gasteiger partial charge in [0.25, 0.3) is 0 Å². The first-order valence-corrected chi connectivity index (χ1v) is 11.4. The topological polar surface area (TPSA) is 95.2 Å². The predicted octanol–water partition coefficient (Wildman–Crippen LogP) is 2.53. The Morgan fingerprint density at radius 1 is 1.21 bits per heavy atom. The Balaban J connectivity index is 1.46. The summed E-state index contributed by atoms with van der Waals surface area (Å²) in [7, 11) is -3.18. The van der Waals surface area contributed by atoms with Gasteiger partial charge in [-0.2, -0.15) is 5.10 Å². The van der Waals surface area contributed by atoms with Crippen LogP contribution in [0.2, 0.25) is 0 Å². The van der Waals surface area contributed by atoms with Crippen LogP contribution in [0.25, 0.3) is 11.3 Å². The molecule has 1 aliphatic rings. The van der Waals surface area contributed by atoms with Crippen LogP contribution < -0.4 is 5.32 Å². The second-order valence-electron chi connectivity index (χ2n) is 7.23. The van der Waals surface area contributed by atoms with Crippen molar-refractivity contribution in [1.82, 2.24) is 19.8 Å². The minimum Gasteiger partial charge on any atom is -0.352 e. The van der Waals surface area contributed by atoms with Gasteiger partial charge in [0.15, 0.2) is 0 Å². The van der Waals surface area contributed by atoms with Crippen molar-refractivity contribution < 1.29 is 13.2 Å². The quantitative estimate of drug-likeness (QED) is 0.707. The molecule has 1 aromatic heterocycles. The van der Waals surface area contributed by atoms with E-state index in [4.69, 9.17) is 0 Å². The highest BCUT2D eigenvalue weighted by molar-refractivity contribution is 7.89. The van der Waals surface area contributed by atoms with Crippen LogP contribution >= 0.6 is 0 Å². The van der Waals surface area contributed by atoms with Crippen molar-refractivity contribution >= 4 is 15.9 Å². The van der Waals surface area contributed by atoms with E-state index < -0.39 is 10.0 Å².